The molecule has 2 aromatic carbocycles. The number of phenols is 1. The van der Waals surface area contributed by atoms with Gasteiger partial charge in [0.05, 0.1) is 6.61 Å². The molecule has 1 N–H and O–H groups in total. The number of ketones is 1. The van der Waals surface area contributed by atoms with E-state index in [1.165, 1.54) is 0 Å². The van der Waals surface area contributed by atoms with Crippen molar-refractivity contribution in [2.75, 3.05) is 6.61 Å². The summed E-state index contributed by atoms with van der Waals surface area (Å²) >= 11 is 0. The fraction of sp³-hybridized carbons (Fsp3) is 0.167. The highest BCUT2D eigenvalue weighted by Crippen LogP contribution is 2.34. The Morgan fingerprint density at radius 2 is 2.00 bits per heavy atom. The fourth-order valence-electron chi connectivity index (χ4n) is 2.61. The number of para-hydroxylation sites is 1. The second-order valence-corrected chi connectivity index (χ2v) is 4.95. The summed E-state index contributed by atoms with van der Waals surface area (Å²) in [6.45, 7) is 2.51. The zero-order chi connectivity index (χ0) is 14.8. The molecule has 2 aromatic rings. The predicted octanol–water partition coefficient (Wildman–Crippen LogP) is 3.61. The minimum atomic E-state index is -0.0211. The molecule has 3 rings (SSSR count). The van der Waals surface area contributed by atoms with Gasteiger partial charge in [-0.05, 0) is 25.1 Å². The molecule has 0 spiro atoms. The summed E-state index contributed by atoms with van der Waals surface area (Å²) < 4.78 is 5.58. The van der Waals surface area contributed by atoms with Crippen LogP contribution in [0.15, 0.2) is 48.0 Å². The van der Waals surface area contributed by atoms with Crippen LogP contribution in [0.5, 0.6) is 11.5 Å². The molecular formula is C18H16O3. The summed E-state index contributed by atoms with van der Waals surface area (Å²) in [6.07, 6.45) is 2.31. The molecule has 0 amide bonds. The number of carbonyl (C=O) groups excluding carboxylic acids is 1. The van der Waals surface area contributed by atoms with Gasteiger partial charge in [0, 0.05) is 28.7 Å². The van der Waals surface area contributed by atoms with Crippen molar-refractivity contribution >= 4 is 11.9 Å². The Bertz CT molecular complexity index is 729. The molecule has 3 heteroatoms. The molecule has 1 aliphatic carbocycles. The third kappa shape index (κ3) is 2.42. The minimum Gasteiger partial charge on any atom is -0.508 e. The smallest absolute Gasteiger partial charge is 0.189 e. The fourth-order valence-corrected chi connectivity index (χ4v) is 2.61. The number of benzene rings is 2. The molecule has 106 valence electrons. The van der Waals surface area contributed by atoms with Gasteiger partial charge in [0.2, 0.25) is 0 Å². The van der Waals surface area contributed by atoms with Crippen LogP contribution in [0.4, 0.5) is 0 Å². The van der Waals surface area contributed by atoms with Crippen molar-refractivity contribution in [3.8, 4) is 11.5 Å². The molecule has 3 nitrogen and oxygen atoms in total. The van der Waals surface area contributed by atoms with Crippen molar-refractivity contribution in [2.45, 2.75) is 13.3 Å². The lowest BCUT2D eigenvalue weighted by Gasteiger charge is -2.07. The number of Topliss-reactive ketones (excluding diaryl/α,β-unsaturated/α-hetero) is 1. The van der Waals surface area contributed by atoms with Gasteiger partial charge in [0.15, 0.2) is 5.78 Å². The Balaban J connectivity index is 2.00. The summed E-state index contributed by atoms with van der Waals surface area (Å²) in [4.78, 5) is 12.4. The number of hydrogen-bond acceptors (Lipinski definition) is 3. The summed E-state index contributed by atoms with van der Waals surface area (Å²) in [7, 11) is 0. The van der Waals surface area contributed by atoms with Crippen LogP contribution in [0.25, 0.3) is 6.08 Å². The minimum absolute atomic E-state index is 0.0211. The van der Waals surface area contributed by atoms with E-state index in [4.69, 9.17) is 4.74 Å². The van der Waals surface area contributed by atoms with Gasteiger partial charge in [-0.3, -0.25) is 4.79 Å². The number of phenolic OH excluding ortho intramolecular Hbond substituents is 1. The van der Waals surface area contributed by atoms with Crippen LogP contribution in [0.1, 0.15) is 28.4 Å². The first kappa shape index (κ1) is 13.4. The Morgan fingerprint density at radius 3 is 2.76 bits per heavy atom. The highest BCUT2D eigenvalue weighted by Gasteiger charge is 2.27. The van der Waals surface area contributed by atoms with Crippen molar-refractivity contribution < 1.29 is 14.6 Å². The van der Waals surface area contributed by atoms with Crippen LogP contribution in [-0.4, -0.2) is 17.5 Å². The van der Waals surface area contributed by atoms with Gasteiger partial charge in [-0.15, -0.1) is 0 Å². The highest BCUT2D eigenvalue weighted by atomic mass is 16.5. The normalized spacial score (nSPS) is 15.3. The number of carbonyl (C=O) groups is 1. The molecule has 0 saturated heterocycles. The SMILES string of the molecule is CCOc1ccccc1/C=C1/Cc2c(O)cccc2C1=O. The third-order valence-electron chi connectivity index (χ3n) is 3.60. The average molecular weight is 280 g/mol. The molecule has 0 radical (unpaired) electrons. The van der Waals surface area contributed by atoms with E-state index in [2.05, 4.69) is 0 Å². The van der Waals surface area contributed by atoms with E-state index in [1.807, 2.05) is 37.3 Å². The Morgan fingerprint density at radius 1 is 1.19 bits per heavy atom. The highest BCUT2D eigenvalue weighted by molar-refractivity contribution is 6.16. The van der Waals surface area contributed by atoms with E-state index in [0.717, 1.165) is 11.3 Å². The molecule has 0 atom stereocenters. The third-order valence-corrected chi connectivity index (χ3v) is 3.60. The number of allylic oxidation sites excluding steroid dienone is 1. The zero-order valence-electron chi connectivity index (χ0n) is 11.8. The number of fused-ring (bicyclic) bond motifs is 1. The molecule has 0 saturated carbocycles. The monoisotopic (exact) mass is 280 g/mol. The van der Waals surface area contributed by atoms with Crippen LogP contribution in [0.2, 0.25) is 0 Å². The second-order valence-electron chi connectivity index (χ2n) is 4.95. The molecule has 1 aliphatic rings. The second kappa shape index (κ2) is 5.44. The van der Waals surface area contributed by atoms with Crippen molar-refractivity contribution in [1.29, 1.82) is 0 Å². The van der Waals surface area contributed by atoms with Crippen molar-refractivity contribution in [1.82, 2.24) is 0 Å². The van der Waals surface area contributed by atoms with E-state index in [9.17, 15) is 9.90 Å². The first-order valence-corrected chi connectivity index (χ1v) is 6.98. The van der Waals surface area contributed by atoms with Gasteiger partial charge in [-0.25, -0.2) is 0 Å². The number of hydrogen-bond donors (Lipinski definition) is 1. The molecule has 0 aromatic heterocycles. The molecule has 0 bridgehead atoms. The van der Waals surface area contributed by atoms with E-state index in [1.54, 1.807) is 18.2 Å². The van der Waals surface area contributed by atoms with Crippen LogP contribution in [0, 0.1) is 0 Å². The zero-order valence-corrected chi connectivity index (χ0v) is 11.8. The van der Waals surface area contributed by atoms with Crippen LogP contribution in [0.3, 0.4) is 0 Å². The summed E-state index contributed by atoms with van der Waals surface area (Å²) in [6, 6.07) is 12.7. The number of ether oxygens (including phenoxy) is 1. The summed E-state index contributed by atoms with van der Waals surface area (Å²) in [5, 5.41) is 9.87. The Hall–Kier alpha value is -2.55. The lowest BCUT2D eigenvalue weighted by atomic mass is 10.1. The lowest BCUT2D eigenvalue weighted by molar-refractivity contribution is 0.104. The first-order chi connectivity index (χ1) is 10.2. The maximum absolute atomic E-state index is 12.4. The topological polar surface area (TPSA) is 46.5 Å². The summed E-state index contributed by atoms with van der Waals surface area (Å²) in [5.74, 6) is 0.926. The molecular weight excluding hydrogens is 264 g/mol. The molecule has 0 aliphatic heterocycles. The molecule has 0 unspecified atom stereocenters. The molecule has 0 heterocycles. The average Bonchev–Trinajstić information content (AvgIpc) is 2.80. The van der Waals surface area contributed by atoms with Crippen molar-refractivity contribution in [3.63, 3.8) is 0 Å². The van der Waals surface area contributed by atoms with Gasteiger partial charge in [-0.1, -0.05) is 30.3 Å². The van der Waals surface area contributed by atoms with Crippen LogP contribution < -0.4 is 4.74 Å². The predicted molar refractivity (Wildman–Crippen MR) is 81.7 cm³/mol. The van der Waals surface area contributed by atoms with Gasteiger partial charge in [-0.2, -0.15) is 0 Å². The molecule has 21 heavy (non-hydrogen) atoms. The largest absolute Gasteiger partial charge is 0.508 e. The van der Waals surface area contributed by atoms with Gasteiger partial charge >= 0.3 is 0 Å². The first-order valence-electron chi connectivity index (χ1n) is 6.98. The van der Waals surface area contributed by atoms with Gasteiger partial charge in [0.25, 0.3) is 0 Å². The number of rotatable bonds is 3. The van der Waals surface area contributed by atoms with Crippen molar-refractivity contribution in [2.24, 2.45) is 0 Å². The standard InChI is InChI=1S/C18H16O3/c1-2-21-17-9-4-3-6-12(17)10-13-11-15-14(18(13)20)7-5-8-16(15)19/h3-10,19H,2,11H2,1H3/b13-10-. The Labute approximate surface area is 123 Å². The summed E-state index contributed by atoms with van der Waals surface area (Å²) in [5.41, 5.74) is 2.87. The lowest BCUT2D eigenvalue weighted by Crippen LogP contribution is -1.97. The van der Waals surface area contributed by atoms with Gasteiger partial charge in [0.1, 0.15) is 11.5 Å². The maximum atomic E-state index is 12.4. The van der Waals surface area contributed by atoms with Gasteiger partial charge < -0.3 is 9.84 Å². The number of aromatic hydroxyl groups is 1. The van der Waals surface area contributed by atoms with E-state index < -0.39 is 0 Å². The quantitative estimate of drug-likeness (QED) is 0.874. The van der Waals surface area contributed by atoms with Crippen LogP contribution >= 0.6 is 0 Å². The Kier molecular flexibility index (Phi) is 3.48. The van der Waals surface area contributed by atoms with Crippen LogP contribution in [-0.2, 0) is 6.42 Å². The maximum Gasteiger partial charge on any atom is 0.189 e. The molecule has 0 fully saturated rings. The van der Waals surface area contributed by atoms with E-state index in [0.29, 0.717) is 29.7 Å². The van der Waals surface area contributed by atoms with E-state index >= 15 is 0 Å². The van der Waals surface area contributed by atoms with Crippen molar-refractivity contribution in [3.05, 3.63) is 64.7 Å². The van der Waals surface area contributed by atoms with E-state index in [-0.39, 0.29) is 11.5 Å².